The molecule has 0 atom stereocenters. The maximum absolute atomic E-state index is 12.1. The first kappa shape index (κ1) is 19.8. The Labute approximate surface area is 156 Å². The van der Waals surface area contributed by atoms with E-state index >= 15 is 0 Å². The Morgan fingerprint density at radius 2 is 1.73 bits per heavy atom. The van der Waals surface area contributed by atoms with E-state index in [1.165, 1.54) is 0 Å². The molecule has 0 aromatic heterocycles. The fourth-order valence-electron chi connectivity index (χ4n) is 2.76. The van der Waals surface area contributed by atoms with E-state index in [-0.39, 0.29) is 11.3 Å². The molecule has 0 saturated carbocycles. The van der Waals surface area contributed by atoms with Crippen LogP contribution in [0.5, 0.6) is 11.5 Å². The third kappa shape index (κ3) is 5.01. The molecule has 140 valence electrons. The molecule has 0 unspecified atom stereocenters. The van der Waals surface area contributed by atoms with Gasteiger partial charge in [0.15, 0.2) is 0 Å². The van der Waals surface area contributed by atoms with E-state index in [2.05, 4.69) is 32.2 Å². The van der Waals surface area contributed by atoms with Gasteiger partial charge in [-0.3, -0.25) is 4.79 Å². The molecule has 0 spiro atoms. The molecule has 2 aromatic rings. The molecule has 0 aliphatic carbocycles. The fraction of sp³-hybridized carbons (Fsp3) is 0.409. The quantitative estimate of drug-likeness (QED) is 0.782. The van der Waals surface area contributed by atoms with Gasteiger partial charge in [0, 0.05) is 17.7 Å². The van der Waals surface area contributed by atoms with Gasteiger partial charge in [-0.1, -0.05) is 39.0 Å². The van der Waals surface area contributed by atoms with Gasteiger partial charge in [-0.25, -0.2) is 0 Å². The summed E-state index contributed by atoms with van der Waals surface area (Å²) in [6.45, 7) is 11.8. The predicted octanol–water partition coefficient (Wildman–Crippen LogP) is 4.71. The second kappa shape index (κ2) is 8.75. The lowest BCUT2D eigenvalue weighted by Gasteiger charge is -2.23. The van der Waals surface area contributed by atoms with Crippen LogP contribution < -0.4 is 14.8 Å². The van der Waals surface area contributed by atoms with Gasteiger partial charge in [-0.2, -0.15) is 0 Å². The lowest BCUT2D eigenvalue weighted by Crippen LogP contribution is -2.22. The minimum Gasteiger partial charge on any atom is -0.493 e. The van der Waals surface area contributed by atoms with Crippen molar-refractivity contribution in [2.45, 2.75) is 46.6 Å². The molecule has 0 radical (unpaired) electrons. The number of para-hydroxylation sites is 1. The summed E-state index contributed by atoms with van der Waals surface area (Å²) in [6.07, 6.45) is 0. The van der Waals surface area contributed by atoms with E-state index in [4.69, 9.17) is 9.47 Å². The molecule has 1 N–H and O–H groups in total. The van der Waals surface area contributed by atoms with Gasteiger partial charge in [-0.05, 0) is 49.1 Å². The molecule has 0 aliphatic rings. The molecule has 1 amide bonds. The van der Waals surface area contributed by atoms with Gasteiger partial charge in [0.1, 0.15) is 18.1 Å². The van der Waals surface area contributed by atoms with Crippen molar-refractivity contribution < 1.29 is 14.3 Å². The lowest BCUT2D eigenvalue weighted by molar-refractivity contribution is 0.0955. The summed E-state index contributed by atoms with van der Waals surface area (Å²) in [5.74, 6) is 1.51. The average Bonchev–Trinajstić information content (AvgIpc) is 2.60. The van der Waals surface area contributed by atoms with Crippen molar-refractivity contribution in [3.8, 4) is 11.5 Å². The van der Waals surface area contributed by atoms with E-state index in [1.54, 1.807) is 6.07 Å². The number of hydrogen-bond donors (Lipinski definition) is 1. The lowest BCUT2D eigenvalue weighted by atomic mass is 9.86. The zero-order valence-corrected chi connectivity index (χ0v) is 16.4. The second-order valence-corrected chi connectivity index (χ2v) is 7.15. The van der Waals surface area contributed by atoms with Crippen molar-refractivity contribution in [3.63, 3.8) is 0 Å². The highest BCUT2D eigenvalue weighted by molar-refractivity contribution is 5.94. The van der Waals surface area contributed by atoms with Gasteiger partial charge in [0.2, 0.25) is 0 Å². The largest absolute Gasteiger partial charge is 0.493 e. The van der Waals surface area contributed by atoms with Crippen LogP contribution in [0.1, 0.15) is 56.1 Å². The Hall–Kier alpha value is -2.49. The summed E-state index contributed by atoms with van der Waals surface area (Å²) in [4.78, 5) is 12.1. The van der Waals surface area contributed by atoms with Crippen LogP contribution in [0.2, 0.25) is 0 Å². The van der Waals surface area contributed by atoms with Gasteiger partial charge >= 0.3 is 0 Å². The number of benzene rings is 2. The van der Waals surface area contributed by atoms with Crippen LogP contribution in [-0.4, -0.2) is 19.1 Å². The topological polar surface area (TPSA) is 47.6 Å². The Morgan fingerprint density at radius 3 is 2.38 bits per heavy atom. The summed E-state index contributed by atoms with van der Waals surface area (Å²) in [6, 6.07) is 13.5. The molecule has 0 saturated heterocycles. The molecule has 4 nitrogen and oxygen atoms in total. The molecule has 0 aliphatic heterocycles. The second-order valence-electron chi connectivity index (χ2n) is 7.15. The molecule has 0 bridgehead atoms. The summed E-state index contributed by atoms with van der Waals surface area (Å²) in [7, 11) is 0. The summed E-state index contributed by atoms with van der Waals surface area (Å²) in [5, 5.41) is 2.82. The first-order valence-electron chi connectivity index (χ1n) is 9.13. The maximum Gasteiger partial charge on any atom is 0.251 e. The Kier molecular flexibility index (Phi) is 6.67. The number of carbonyl (C=O) groups excluding carboxylic acids is 1. The van der Waals surface area contributed by atoms with Gasteiger partial charge in [-0.15, -0.1) is 0 Å². The van der Waals surface area contributed by atoms with Crippen LogP contribution in [0.25, 0.3) is 0 Å². The first-order chi connectivity index (χ1) is 12.4. The van der Waals surface area contributed by atoms with E-state index in [0.29, 0.717) is 25.3 Å². The summed E-state index contributed by atoms with van der Waals surface area (Å²) >= 11 is 0. The Morgan fingerprint density at radius 1 is 1.00 bits per heavy atom. The van der Waals surface area contributed by atoms with Gasteiger partial charge < -0.3 is 14.8 Å². The Balaban J connectivity index is 2.28. The van der Waals surface area contributed by atoms with Gasteiger partial charge in [0.25, 0.3) is 5.91 Å². The third-order valence-electron chi connectivity index (χ3n) is 4.04. The third-order valence-corrected chi connectivity index (χ3v) is 4.04. The number of nitrogens with one attached hydrogen (secondary N) is 1. The van der Waals surface area contributed by atoms with E-state index in [9.17, 15) is 4.79 Å². The maximum atomic E-state index is 12.1. The van der Waals surface area contributed by atoms with Crippen LogP contribution in [0, 0.1) is 0 Å². The smallest absolute Gasteiger partial charge is 0.251 e. The minimum absolute atomic E-state index is 0.0117. The summed E-state index contributed by atoms with van der Waals surface area (Å²) in [5.41, 5.74) is 2.61. The molecule has 0 heterocycles. The van der Waals surface area contributed by atoms with Crippen LogP contribution in [0.3, 0.4) is 0 Å². The van der Waals surface area contributed by atoms with E-state index < -0.39 is 0 Å². The zero-order valence-electron chi connectivity index (χ0n) is 16.4. The molecule has 2 aromatic carbocycles. The van der Waals surface area contributed by atoms with Crippen molar-refractivity contribution in [2.24, 2.45) is 0 Å². The molecule has 26 heavy (non-hydrogen) atoms. The van der Waals surface area contributed by atoms with Crippen LogP contribution in [0.4, 0.5) is 0 Å². The first-order valence-corrected chi connectivity index (χ1v) is 9.13. The Bertz CT molecular complexity index is 747. The number of hydrogen-bond acceptors (Lipinski definition) is 3. The number of ether oxygens (including phenoxy) is 2. The van der Waals surface area contributed by atoms with Crippen molar-refractivity contribution in [3.05, 3.63) is 59.2 Å². The molecular weight excluding hydrogens is 326 g/mol. The van der Waals surface area contributed by atoms with E-state index in [0.717, 1.165) is 22.6 Å². The standard InChI is InChI=1S/C22H29NO3/c1-6-23-21(24)16-12-13-19(25-7-2)17(14-16)15-26-20-11-9-8-10-18(20)22(3,4)5/h8-14H,6-7,15H2,1-5H3,(H,23,24). The van der Waals surface area contributed by atoms with Crippen LogP contribution >= 0.6 is 0 Å². The van der Waals surface area contributed by atoms with Crippen molar-refractivity contribution in [1.29, 1.82) is 0 Å². The molecule has 2 rings (SSSR count). The molecular formula is C22H29NO3. The number of amides is 1. The summed E-state index contributed by atoms with van der Waals surface area (Å²) < 4.78 is 11.8. The molecule has 0 fully saturated rings. The predicted molar refractivity (Wildman–Crippen MR) is 105 cm³/mol. The number of carbonyl (C=O) groups is 1. The average molecular weight is 355 g/mol. The highest BCUT2D eigenvalue weighted by Gasteiger charge is 2.19. The van der Waals surface area contributed by atoms with Crippen LogP contribution in [0.15, 0.2) is 42.5 Å². The number of rotatable bonds is 7. The van der Waals surface area contributed by atoms with Gasteiger partial charge in [0.05, 0.1) is 6.61 Å². The fourth-order valence-corrected chi connectivity index (χ4v) is 2.76. The van der Waals surface area contributed by atoms with Crippen molar-refractivity contribution in [1.82, 2.24) is 5.32 Å². The highest BCUT2D eigenvalue weighted by atomic mass is 16.5. The van der Waals surface area contributed by atoms with E-state index in [1.807, 2.05) is 44.2 Å². The van der Waals surface area contributed by atoms with Crippen molar-refractivity contribution in [2.75, 3.05) is 13.2 Å². The van der Waals surface area contributed by atoms with Crippen molar-refractivity contribution >= 4 is 5.91 Å². The van der Waals surface area contributed by atoms with Crippen LogP contribution in [-0.2, 0) is 12.0 Å². The highest BCUT2D eigenvalue weighted by Crippen LogP contribution is 2.32. The zero-order chi connectivity index (χ0) is 19.2. The monoisotopic (exact) mass is 355 g/mol. The minimum atomic E-state index is -0.0908. The SMILES string of the molecule is CCNC(=O)c1ccc(OCC)c(COc2ccccc2C(C)(C)C)c1. The normalized spacial score (nSPS) is 11.1. The molecule has 4 heteroatoms.